The molecule has 3 rings (SSSR count). The molecule has 25 heavy (non-hydrogen) atoms. The van der Waals surface area contributed by atoms with Crippen molar-refractivity contribution < 1.29 is 19.8 Å². The highest BCUT2D eigenvalue weighted by molar-refractivity contribution is 6.02. The van der Waals surface area contributed by atoms with Crippen molar-refractivity contribution in [2.75, 3.05) is 0 Å². The number of amides is 1. The zero-order chi connectivity index (χ0) is 17.8. The molecule has 0 radical (unpaired) electrons. The molecule has 0 saturated heterocycles. The molecule has 0 spiro atoms. The molecule has 0 aromatic heterocycles. The lowest BCUT2D eigenvalue weighted by Crippen LogP contribution is -2.18. The zero-order valence-corrected chi connectivity index (χ0v) is 13.0. The van der Waals surface area contributed by atoms with E-state index < -0.39 is 11.9 Å². The molecule has 0 fully saturated rings. The molecule has 6 heteroatoms. The van der Waals surface area contributed by atoms with Gasteiger partial charge in [-0.3, -0.25) is 4.79 Å². The van der Waals surface area contributed by atoms with Crippen molar-refractivity contribution >= 4 is 28.9 Å². The van der Waals surface area contributed by atoms with Crippen molar-refractivity contribution in [2.24, 2.45) is 5.10 Å². The SMILES string of the molecule is O=C(N/N=C\c1ccccc1C(=O)O)c1cc2ccccc2cc1O. The fourth-order valence-electron chi connectivity index (χ4n) is 2.44. The predicted molar refractivity (Wildman–Crippen MR) is 94.1 cm³/mol. The lowest BCUT2D eigenvalue weighted by molar-refractivity contribution is 0.0696. The third-order valence-electron chi connectivity index (χ3n) is 3.67. The van der Waals surface area contributed by atoms with Crippen LogP contribution in [0.5, 0.6) is 5.75 Å². The van der Waals surface area contributed by atoms with Crippen LogP contribution < -0.4 is 5.43 Å². The van der Waals surface area contributed by atoms with E-state index in [9.17, 15) is 14.7 Å². The van der Waals surface area contributed by atoms with Crippen LogP contribution >= 0.6 is 0 Å². The fourth-order valence-corrected chi connectivity index (χ4v) is 2.44. The third-order valence-corrected chi connectivity index (χ3v) is 3.67. The third kappa shape index (κ3) is 3.48. The van der Waals surface area contributed by atoms with Crippen LogP contribution in [0.15, 0.2) is 65.8 Å². The number of nitrogens with zero attached hydrogens (tertiary/aromatic N) is 1. The number of aromatic hydroxyl groups is 1. The number of carbonyl (C=O) groups excluding carboxylic acids is 1. The van der Waals surface area contributed by atoms with Gasteiger partial charge in [0.05, 0.1) is 17.3 Å². The van der Waals surface area contributed by atoms with Crippen molar-refractivity contribution in [3.8, 4) is 5.75 Å². The lowest BCUT2D eigenvalue weighted by atomic mass is 10.1. The van der Waals surface area contributed by atoms with Crippen LogP contribution in [-0.2, 0) is 0 Å². The lowest BCUT2D eigenvalue weighted by Gasteiger charge is -2.06. The predicted octanol–water partition coefficient (Wildman–Crippen LogP) is 3.01. The van der Waals surface area contributed by atoms with Crippen LogP contribution in [0.4, 0.5) is 0 Å². The van der Waals surface area contributed by atoms with E-state index >= 15 is 0 Å². The molecule has 0 saturated carbocycles. The minimum Gasteiger partial charge on any atom is -0.507 e. The molecule has 3 N–H and O–H groups in total. The summed E-state index contributed by atoms with van der Waals surface area (Å²) in [4.78, 5) is 23.3. The van der Waals surface area contributed by atoms with Crippen LogP contribution in [0, 0.1) is 0 Å². The molecular weight excluding hydrogens is 320 g/mol. The van der Waals surface area contributed by atoms with Gasteiger partial charge in [0.15, 0.2) is 0 Å². The van der Waals surface area contributed by atoms with Gasteiger partial charge in [0, 0.05) is 5.56 Å². The first kappa shape index (κ1) is 16.2. The molecule has 0 aliphatic heterocycles. The largest absolute Gasteiger partial charge is 0.507 e. The number of rotatable bonds is 4. The number of phenolic OH excluding ortho intramolecular Hbond substituents is 1. The highest BCUT2D eigenvalue weighted by atomic mass is 16.4. The van der Waals surface area contributed by atoms with Gasteiger partial charge in [0.25, 0.3) is 5.91 Å². The Morgan fingerprint density at radius 1 is 0.920 bits per heavy atom. The molecule has 0 heterocycles. The van der Waals surface area contributed by atoms with Crippen LogP contribution in [0.1, 0.15) is 26.3 Å². The highest BCUT2D eigenvalue weighted by Gasteiger charge is 2.12. The van der Waals surface area contributed by atoms with Crippen molar-refractivity contribution in [1.29, 1.82) is 0 Å². The van der Waals surface area contributed by atoms with E-state index in [0.717, 1.165) is 10.8 Å². The number of hydrogen-bond acceptors (Lipinski definition) is 4. The van der Waals surface area contributed by atoms with Gasteiger partial charge in [-0.25, -0.2) is 10.2 Å². The topological polar surface area (TPSA) is 99.0 Å². The van der Waals surface area contributed by atoms with E-state index in [1.807, 2.05) is 24.3 Å². The van der Waals surface area contributed by atoms with Gasteiger partial charge in [-0.2, -0.15) is 5.10 Å². The van der Waals surface area contributed by atoms with E-state index in [1.165, 1.54) is 18.3 Å². The zero-order valence-electron chi connectivity index (χ0n) is 13.0. The smallest absolute Gasteiger partial charge is 0.336 e. The quantitative estimate of drug-likeness (QED) is 0.504. The summed E-state index contributed by atoms with van der Waals surface area (Å²) >= 11 is 0. The van der Waals surface area contributed by atoms with Crippen molar-refractivity contribution in [3.05, 3.63) is 77.4 Å². The molecule has 0 aliphatic carbocycles. The Morgan fingerprint density at radius 3 is 2.28 bits per heavy atom. The van der Waals surface area contributed by atoms with Gasteiger partial charge >= 0.3 is 5.97 Å². The molecule has 0 atom stereocenters. The number of phenols is 1. The highest BCUT2D eigenvalue weighted by Crippen LogP contribution is 2.24. The van der Waals surface area contributed by atoms with Gasteiger partial charge in [-0.15, -0.1) is 0 Å². The van der Waals surface area contributed by atoms with Crippen molar-refractivity contribution in [1.82, 2.24) is 5.43 Å². The molecule has 3 aromatic rings. The second-order valence-electron chi connectivity index (χ2n) is 5.31. The fraction of sp³-hybridized carbons (Fsp3) is 0. The molecule has 3 aromatic carbocycles. The number of hydrazone groups is 1. The number of carbonyl (C=O) groups is 2. The van der Waals surface area contributed by atoms with E-state index in [2.05, 4.69) is 10.5 Å². The van der Waals surface area contributed by atoms with Gasteiger partial charge in [0.1, 0.15) is 5.75 Å². The Kier molecular flexibility index (Phi) is 4.43. The number of carboxylic acids is 1. The summed E-state index contributed by atoms with van der Waals surface area (Å²) in [5, 5.41) is 24.5. The normalized spacial score (nSPS) is 10.9. The minimum atomic E-state index is -1.08. The van der Waals surface area contributed by atoms with Gasteiger partial charge in [0.2, 0.25) is 0 Å². The maximum atomic E-state index is 12.2. The number of fused-ring (bicyclic) bond motifs is 1. The summed E-state index contributed by atoms with van der Waals surface area (Å²) < 4.78 is 0. The second-order valence-corrected chi connectivity index (χ2v) is 5.31. The standard InChI is InChI=1S/C19H14N2O4/c22-17-10-13-6-2-1-5-12(13)9-16(17)18(23)21-20-11-14-7-3-4-8-15(14)19(24)25/h1-11,22H,(H,21,23)(H,24,25)/b20-11-. The maximum Gasteiger partial charge on any atom is 0.336 e. The van der Waals surface area contributed by atoms with Gasteiger partial charge in [-0.1, -0.05) is 42.5 Å². The summed E-state index contributed by atoms with van der Waals surface area (Å²) in [6.45, 7) is 0. The molecule has 6 nitrogen and oxygen atoms in total. The summed E-state index contributed by atoms with van der Waals surface area (Å²) in [5.74, 6) is -1.83. The summed E-state index contributed by atoms with van der Waals surface area (Å²) in [6, 6.07) is 16.7. The first-order chi connectivity index (χ1) is 12.1. The Balaban J connectivity index is 1.81. The second kappa shape index (κ2) is 6.84. The van der Waals surface area contributed by atoms with Crippen LogP contribution in [0.25, 0.3) is 10.8 Å². The number of benzene rings is 3. The first-order valence-corrected chi connectivity index (χ1v) is 7.44. The average Bonchev–Trinajstić information content (AvgIpc) is 2.61. The Morgan fingerprint density at radius 2 is 1.56 bits per heavy atom. The molecular formula is C19H14N2O4. The minimum absolute atomic E-state index is 0.0778. The summed E-state index contributed by atoms with van der Waals surface area (Å²) in [7, 11) is 0. The maximum absolute atomic E-state index is 12.2. The van der Waals surface area contributed by atoms with E-state index in [0.29, 0.717) is 5.56 Å². The van der Waals surface area contributed by atoms with Crippen LogP contribution in [-0.4, -0.2) is 28.3 Å². The number of nitrogens with one attached hydrogen (secondary N) is 1. The monoisotopic (exact) mass is 334 g/mol. The van der Waals surface area contributed by atoms with Crippen molar-refractivity contribution in [3.63, 3.8) is 0 Å². The van der Waals surface area contributed by atoms with Crippen molar-refractivity contribution in [2.45, 2.75) is 0 Å². The Bertz CT molecular complexity index is 996. The van der Waals surface area contributed by atoms with E-state index in [-0.39, 0.29) is 16.9 Å². The van der Waals surface area contributed by atoms with Gasteiger partial charge in [-0.05, 0) is 29.0 Å². The summed E-state index contributed by atoms with van der Waals surface area (Å²) in [6.07, 6.45) is 1.25. The number of carboxylic acid groups (broad SMARTS) is 1. The van der Waals surface area contributed by atoms with Crippen LogP contribution in [0.2, 0.25) is 0 Å². The van der Waals surface area contributed by atoms with Crippen LogP contribution in [0.3, 0.4) is 0 Å². The first-order valence-electron chi connectivity index (χ1n) is 7.44. The Labute approximate surface area is 143 Å². The summed E-state index contributed by atoms with van der Waals surface area (Å²) in [5.41, 5.74) is 2.82. The molecule has 0 bridgehead atoms. The van der Waals surface area contributed by atoms with E-state index in [4.69, 9.17) is 5.11 Å². The molecule has 0 unspecified atom stereocenters. The average molecular weight is 334 g/mol. The number of hydrogen-bond donors (Lipinski definition) is 3. The van der Waals surface area contributed by atoms with Gasteiger partial charge < -0.3 is 10.2 Å². The molecule has 1 amide bonds. The Hall–Kier alpha value is -3.67. The van der Waals surface area contributed by atoms with E-state index in [1.54, 1.807) is 24.3 Å². The number of aromatic carboxylic acids is 1. The molecule has 0 aliphatic rings. The molecule has 124 valence electrons.